The van der Waals surface area contributed by atoms with Crippen molar-refractivity contribution in [2.24, 2.45) is 4.99 Å². The Bertz CT molecular complexity index is 390. The van der Waals surface area contributed by atoms with E-state index >= 15 is 0 Å². The molecule has 0 atom stereocenters. The van der Waals surface area contributed by atoms with Crippen molar-refractivity contribution in [1.29, 1.82) is 0 Å². The van der Waals surface area contributed by atoms with Gasteiger partial charge in [-0.25, -0.2) is 0 Å². The van der Waals surface area contributed by atoms with Crippen molar-refractivity contribution in [3.63, 3.8) is 0 Å². The molecule has 0 aromatic heterocycles. The minimum absolute atomic E-state index is 0.580. The maximum atomic E-state index is 5.57. The minimum Gasteiger partial charge on any atom is -0.492 e. The van der Waals surface area contributed by atoms with Gasteiger partial charge in [0.15, 0.2) is 5.96 Å². The number of nitrogens with one attached hydrogen (secondary N) is 2. The maximum absolute atomic E-state index is 5.57. The number of halogens is 1. The second-order valence-corrected chi connectivity index (χ2v) is 4.39. The van der Waals surface area contributed by atoms with Gasteiger partial charge in [0.1, 0.15) is 12.4 Å². The fourth-order valence-corrected chi connectivity index (χ4v) is 1.52. The van der Waals surface area contributed by atoms with Gasteiger partial charge in [-0.2, -0.15) is 0 Å². The lowest BCUT2D eigenvalue weighted by molar-refractivity contribution is 0.322. The molecule has 18 heavy (non-hydrogen) atoms. The third-order valence-corrected chi connectivity index (χ3v) is 2.64. The average Bonchev–Trinajstić information content (AvgIpc) is 2.40. The van der Waals surface area contributed by atoms with E-state index in [1.807, 2.05) is 24.3 Å². The molecule has 1 aromatic carbocycles. The second-order valence-electron chi connectivity index (χ2n) is 3.47. The van der Waals surface area contributed by atoms with E-state index in [2.05, 4.69) is 38.1 Å². The van der Waals surface area contributed by atoms with Gasteiger partial charge in [0.25, 0.3) is 0 Å². The van der Waals surface area contributed by atoms with Gasteiger partial charge in [0.05, 0.1) is 6.54 Å². The zero-order valence-corrected chi connectivity index (χ0v) is 12.0. The molecule has 0 saturated carbocycles. The molecule has 0 radical (unpaired) electrons. The van der Waals surface area contributed by atoms with Gasteiger partial charge in [-0.15, -0.1) is 6.58 Å². The minimum atomic E-state index is 0.580. The van der Waals surface area contributed by atoms with Crippen molar-refractivity contribution in [2.45, 2.75) is 0 Å². The Morgan fingerprint density at radius 2 is 2.11 bits per heavy atom. The average molecular weight is 312 g/mol. The van der Waals surface area contributed by atoms with Gasteiger partial charge < -0.3 is 15.4 Å². The molecule has 0 amide bonds. The van der Waals surface area contributed by atoms with Gasteiger partial charge in [-0.1, -0.05) is 22.0 Å². The summed E-state index contributed by atoms with van der Waals surface area (Å²) in [6.07, 6.45) is 1.78. The van der Waals surface area contributed by atoms with Crippen LogP contribution in [0.15, 0.2) is 46.4 Å². The van der Waals surface area contributed by atoms with E-state index in [1.165, 1.54) is 0 Å². The maximum Gasteiger partial charge on any atom is 0.191 e. The first kappa shape index (κ1) is 14.6. The Balaban J connectivity index is 2.21. The smallest absolute Gasteiger partial charge is 0.191 e. The van der Waals surface area contributed by atoms with E-state index in [4.69, 9.17) is 4.74 Å². The SMILES string of the molecule is C=CCNC(=NC)NCCOc1ccc(Br)cc1. The Kier molecular flexibility index (Phi) is 6.94. The Hall–Kier alpha value is -1.49. The first-order valence-corrected chi connectivity index (χ1v) is 6.49. The number of hydrogen-bond donors (Lipinski definition) is 2. The summed E-state index contributed by atoms with van der Waals surface area (Å²) in [6.45, 7) is 5.59. The highest BCUT2D eigenvalue weighted by Crippen LogP contribution is 2.15. The molecule has 0 saturated heterocycles. The molecule has 0 unspecified atom stereocenters. The molecule has 0 aliphatic rings. The molecule has 0 heterocycles. The number of rotatable bonds is 6. The summed E-state index contributed by atoms with van der Waals surface area (Å²) in [5.41, 5.74) is 0. The lowest BCUT2D eigenvalue weighted by atomic mass is 10.3. The number of ether oxygens (including phenoxy) is 1. The van der Waals surface area contributed by atoms with Crippen LogP contribution >= 0.6 is 15.9 Å². The van der Waals surface area contributed by atoms with Crippen molar-refractivity contribution < 1.29 is 4.74 Å². The number of aliphatic imine (C=N–C) groups is 1. The number of nitrogens with zero attached hydrogens (tertiary/aromatic N) is 1. The standard InChI is InChI=1S/C13H18BrN3O/c1-3-8-16-13(15-2)17-9-10-18-12-6-4-11(14)5-7-12/h3-7H,1,8-10H2,2H3,(H2,15,16,17). The van der Waals surface area contributed by atoms with Gasteiger partial charge in [0.2, 0.25) is 0 Å². The van der Waals surface area contributed by atoms with E-state index in [9.17, 15) is 0 Å². The molecule has 98 valence electrons. The van der Waals surface area contributed by atoms with Gasteiger partial charge in [-0.05, 0) is 24.3 Å². The fraction of sp³-hybridized carbons (Fsp3) is 0.308. The molecule has 0 bridgehead atoms. The Morgan fingerprint density at radius 3 is 2.72 bits per heavy atom. The summed E-state index contributed by atoms with van der Waals surface area (Å²) in [5, 5.41) is 6.23. The fourth-order valence-electron chi connectivity index (χ4n) is 1.26. The van der Waals surface area contributed by atoms with Crippen LogP contribution in [0, 0.1) is 0 Å². The van der Waals surface area contributed by atoms with Crippen LogP contribution in [0.3, 0.4) is 0 Å². The van der Waals surface area contributed by atoms with E-state index in [1.54, 1.807) is 13.1 Å². The molecule has 0 aliphatic carbocycles. The molecule has 4 nitrogen and oxygen atoms in total. The van der Waals surface area contributed by atoms with Gasteiger partial charge >= 0.3 is 0 Å². The van der Waals surface area contributed by atoms with Crippen molar-refractivity contribution in [3.8, 4) is 5.75 Å². The van der Waals surface area contributed by atoms with E-state index < -0.39 is 0 Å². The highest BCUT2D eigenvalue weighted by atomic mass is 79.9. The number of guanidine groups is 1. The quantitative estimate of drug-likeness (QED) is 0.366. The summed E-state index contributed by atoms with van der Waals surface area (Å²) in [6, 6.07) is 7.75. The zero-order chi connectivity index (χ0) is 13.2. The third-order valence-electron chi connectivity index (χ3n) is 2.11. The van der Waals surface area contributed by atoms with Crippen molar-refractivity contribution in [3.05, 3.63) is 41.4 Å². The summed E-state index contributed by atoms with van der Waals surface area (Å²) in [5.74, 6) is 1.60. The van der Waals surface area contributed by atoms with Crippen molar-refractivity contribution in [2.75, 3.05) is 26.7 Å². The van der Waals surface area contributed by atoms with Crippen LogP contribution in [0.1, 0.15) is 0 Å². The first-order chi connectivity index (χ1) is 8.76. The molecule has 0 fully saturated rings. The highest BCUT2D eigenvalue weighted by molar-refractivity contribution is 9.10. The summed E-state index contributed by atoms with van der Waals surface area (Å²) in [4.78, 5) is 4.07. The molecular formula is C13H18BrN3O. The zero-order valence-electron chi connectivity index (χ0n) is 10.4. The van der Waals surface area contributed by atoms with Crippen molar-refractivity contribution in [1.82, 2.24) is 10.6 Å². The van der Waals surface area contributed by atoms with Crippen LogP contribution < -0.4 is 15.4 Å². The molecule has 1 rings (SSSR count). The van der Waals surface area contributed by atoms with Crippen LogP contribution in [0.2, 0.25) is 0 Å². The van der Waals surface area contributed by atoms with E-state index in [-0.39, 0.29) is 0 Å². The number of benzene rings is 1. The molecule has 0 spiro atoms. The highest BCUT2D eigenvalue weighted by Gasteiger charge is 1.96. The monoisotopic (exact) mass is 311 g/mol. The van der Waals surface area contributed by atoms with Gasteiger partial charge in [0, 0.05) is 18.1 Å². The van der Waals surface area contributed by atoms with Crippen LogP contribution in [0.25, 0.3) is 0 Å². The van der Waals surface area contributed by atoms with Gasteiger partial charge in [-0.3, -0.25) is 4.99 Å². The number of hydrogen-bond acceptors (Lipinski definition) is 2. The lowest BCUT2D eigenvalue weighted by Gasteiger charge is -2.11. The van der Waals surface area contributed by atoms with E-state index in [0.717, 1.165) is 16.2 Å². The molecule has 1 aromatic rings. The molecule has 2 N–H and O–H groups in total. The first-order valence-electron chi connectivity index (χ1n) is 5.70. The second kappa shape index (κ2) is 8.58. The predicted octanol–water partition coefficient (Wildman–Crippen LogP) is 2.18. The molecular weight excluding hydrogens is 294 g/mol. The van der Waals surface area contributed by atoms with Crippen molar-refractivity contribution >= 4 is 21.9 Å². The van der Waals surface area contributed by atoms with E-state index in [0.29, 0.717) is 19.7 Å². The molecule has 0 aliphatic heterocycles. The van der Waals surface area contributed by atoms with Crippen LogP contribution in [0.4, 0.5) is 0 Å². The van der Waals surface area contributed by atoms with Crippen LogP contribution in [0.5, 0.6) is 5.75 Å². The topological polar surface area (TPSA) is 45.7 Å². The molecule has 5 heteroatoms. The summed E-state index contributed by atoms with van der Waals surface area (Å²) < 4.78 is 6.62. The lowest BCUT2D eigenvalue weighted by Crippen LogP contribution is -2.39. The summed E-state index contributed by atoms with van der Waals surface area (Å²) >= 11 is 3.38. The van der Waals surface area contributed by atoms with Crippen LogP contribution in [-0.2, 0) is 0 Å². The predicted molar refractivity (Wildman–Crippen MR) is 79.2 cm³/mol. The normalized spacial score (nSPS) is 10.9. The third kappa shape index (κ3) is 5.72. The largest absolute Gasteiger partial charge is 0.492 e. The summed E-state index contributed by atoms with van der Waals surface area (Å²) in [7, 11) is 1.73. The van der Waals surface area contributed by atoms with Crippen LogP contribution in [-0.4, -0.2) is 32.7 Å². The Labute approximate surface area is 116 Å². The Morgan fingerprint density at radius 1 is 1.39 bits per heavy atom.